The molecule has 0 bridgehead atoms. The molecule has 0 unspecified atom stereocenters. The molecule has 0 fully saturated rings. The van der Waals surface area contributed by atoms with E-state index < -0.39 is 10.0 Å². The van der Waals surface area contributed by atoms with Crippen molar-refractivity contribution in [1.29, 1.82) is 0 Å². The normalized spacial score (nSPS) is 13.0. The van der Waals surface area contributed by atoms with Crippen LogP contribution in [0.2, 0.25) is 0 Å². The SMILES string of the molecule is CN1C(=O)Cc2cnc(Nc3ccc(S(=O)(=O)Nc4ccccc4)cc3)nc2-c2ccccc21. The number of anilines is 4. The first-order chi connectivity index (χ1) is 16.4. The van der Waals surface area contributed by atoms with Crippen LogP contribution in [0.1, 0.15) is 5.56 Å². The van der Waals surface area contributed by atoms with Gasteiger partial charge < -0.3 is 10.2 Å². The van der Waals surface area contributed by atoms with E-state index in [1.807, 2.05) is 30.3 Å². The second-order valence-corrected chi connectivity index (χ2v) is 9.52. The highest BCUT2D eigenvalue weighted by Crippen LogP contribution is 2.35. The third-order valence-electron chi connectivity index (χ3n) is 5.55. The zero-order valence-corrected chi connectivity index (χ0v) is 19.1. The van der Waals surface area contributed by atoms with E-state index in [1.165, 1.54) is 12.1 Å². The van der Waals surface area contributed by atoms with Gasteiger partial charge in [0, 0.05) is 35.7 Å². The molecule has 1 amide bonds. The molecule has 34 heavy (non-hydrogen) atoms. The number of aromatic nitrogens is 2. The van der Waals surface area contributed by atoms with Crippen molar-refractivity contribution in [1.82, 2.24) is 9.97 Å². The Balaban J connectivity index is 1.40. The lowest BCUT2D eigenvalue weighted by molar-refractivity contribution is -0.117. The smallest absolute Gasteiger partial charge is 0.261 e. The van der Waals surface area contributed by atoms with Crippen LogP contribution in [-0.4, -0.2) is 31.3 Å². The molecule has 0 saturated heterocycles. The fourth-order valence-electron chi connectivity index (χ4n) is 3.78. The highest BCUT2D eigenvalue weighted by Gasteiger charge is 2.24. The van der Waals surface area contributed by atoms with Crippen molar-refractivity contribution < 1.29 is 13.2 Å². The molecule has 4 aromatic rings. The van der Waals surface area contributed by atoms with Crippen molar-refractivity contribution >= 4 is 38.9 Å². The summed E-state index contributed by atoms with van der Waals surface area (Å²) in [6, 6.07) is 22.7. The number of hydrogen-bond donors (Lipinski definition) is 2. The number of rotatable bonds is 5. The number of benzene rings is 3. The van der Waals surface area contributed by atoms with E-state index in [9.17, 15) is 13.2 Å². The third-order valence-corrected chi connectivity index (χ3v) is 6.94. The lowest BCUT2D eigenvalue weighted by atomic mass is 10.1. The molecular formula is C25H21N5O3S. The van der Waals surface area contributed by atoms with Crippen LogP contribution in [0.15, 0.2) is 90.0 Å². The number of para-hydroxylation sites is 2. The Morgan fingerprint density at radius 2 is 1.59 bits per heavy atom. The summed E-state index contributed by atoms with van der Waals surface area (Å²) in [6.07, 6.45) is 1.86. The van der Waals surface area contributed by atoms with Gasteiger partial charge in [0.1, 0.15) is 0 Å². The first-order valence-electron chi connectivity index (χ1n) is 10.6. The van der Waals surface area contributed by atoms with Gasteiger partial charge in [-0.2, -0.15) is 0 Å². The molecule has 0 radical (unpaired) electrons. The molecule has 0 atom stereocenters. The molecule has 1 aliphatic rings. The molecule has 8 nitrogen and oxygen atoms in total. The van der Waals surface area contributed by atoms with E-state index in [2.05, 4.69) is 20.0 Å². The molecular weight excluding hydrogens is 450 g/mol. The summed E-state index contributed by atoms with van der Waals surface area (Å²) in [7, 11) is -1.96. The fraction of sp³-hybridized carbons (Fsp3) is 0.0800. The summed E-state index contributed by atoms with van der Waals surface area (Å²) in [5, 5.41) is 3.12. The fourth-order valence-corrected chi connectivity index (χ4v) is 4.84. The quantitative estimate of drug-likeness (QED) is 0.452. The largest absolute Gasteiger partial charge is 0.324 e. The average Bonchev–Trinajstić information content (AvgIpc) is 2.95. The van der Waals surface area contributed by atoms with Crippen molar-refractivity contribution in [3.05, 3.63) is 90.6 Å². The monoisotopic (exact) mass is 471 g/mol. The van der Waals surface area contributed by atoms with Gasteiger partial charge in [-0.3, -0.25) is 9.52 Å². The molecule has 2 N–H and O–H groups in total. The predicted octanol–water partition coefficient (Wildman–Crippen LogP) is 4.21. The van der Waals surface area contributed by atoms with Gasteiger partial charge in [0.2, 0.25) is 11.9 Å². The number of fused-ring (bicyclic) bond motifs is 3. The van der Waals surface area contributed by atoms with Crippen LogP contribution in [-0.2, 0) is 21.2 Å². The van der Waals surface area contributed by atoms with Gasteiger partial charge in [0.15, 0.2) is 0 Å². The number of nitrogens with zero attached hydrogens (tertiary/aromatic N) is 3. The van der Waals surface area contributed by atoms with E-state index in [-0.39, 0.29) is 17.2 Å². The Hall–Kier alpha value is -4.24. The van der Waals surface area contributed by atoms with Crippen molar-refractivity contribution in [3.63, 3.8) is 0 Å². The summed E-state index contributed by atoms with van der Waals surface area (Å²) < 4.78 is 27.8. The number of sulfonamides is 1. The van der Waals surface area contributed by atoms with Crippen LogP contribution in [0.3, 0.4) is 0 Å². The number of hydrogen-bond acceptors (Lipinski definition) is 6. The standard InChI is InChI=1S/C25H21N5O3S/c1-30-22-10-6-5-9-21(22)24-17(15-23(30)31)16-26-25(28-24)27-18-11-13-20(14-12-18)34(32,33)29-19-7-3-2-4-8-19/h2-14,16,29H,15H2,1H3,(H,26,27,28). The van der Waals surface area contributed by atoms with Crippen LogP contribution in [0, 0.1) is 0 Å². The maximum absolute atomic E-state index is 12.6. The second-order valence-electron chi connectivity index (χ2n) is 7.84. The lowest BCUT2D eigenvalue weighted by Gasteiger charge is -2.16. The third kappa shape index (κ3) is 4.20. The molecule has 0 aliphatic carbocycles. The highest BCUT2D eigenvalue weighted by atomic mass is 32.2. The number of amides is 1. The van der Waals surface area contributed by atoms with Gasteiger partial charge in [-0.15, -0.1) is 0 Å². The second kappa shape index (κ2) is 8.60. The highest BCUT2D eigenvalue weighted by molar-refractivity contribution is 7.92. The summed E-state index contributed by atoms with van der Waals surface area (Å²) in [5.74, 6) is 0.319. The molecule has 9 heteroatoms. The van der Waals surface area contributed by atoms with Gasteiger partial charge >= 0.3 is 0 Å². The summed E-state index contributed by atoms with van der Waals surface area (Å²) in [6.45, 7) is 0. The maximum Gasteiger partial charge on any atom is 0.261 e. The molecule has 0 saturated carbocycles. The minimum Gasteiger partial charge on any atom is -0.324 e. The lowest BCUT2D eigenvalue weighted by Crippen LogP contribution is -2.26. The molecule has 1 aliphatic heterocycles. The zero-order valence-electron chi connectivity index (χ0n) is 18.3. The minimum absolute atomic E-state index is 0.0311. The molecule has 3 aromatic carbocycles. The Morgan fingerprint density at radius 3 is 2.35 bits per heavy atom. The molecule has 5 rings (SSSR count). The van der Waals surface area contributed by atoms with Gasteiger partial charge in [-0.25, -0.2) is 18.4 Å². The Morgan fingerprint density at radius 1 is 0.882 bits per heavy atom. The molecule has 2 heterocycles. The topological polar surface area (TPSA) is 104 Å². The van der Waals surface area contributed by atoms with E-state index in [0.29, 0.717) is 23.0 Å². The number of carbonyl (C=O) groups is 1. The van der Waals surface area contributed by atoms with E-state index in [0.717, 1.165) is 16.8 Å². The van der Waals surface area contributed by atoms with E-state index in [1.54, 1.807) is 54.5 Å². The number of likely N-dealkylation sites (N-methyl/N-ethyl adjacent to an activating group) is 1. The first-order valence-corrected chi connectivity index (χ1v) is 12.1. The zero-order chi connectivity index (χ0) is 23.7. The van der Waals surface area contributed by atoms with Crippen molar-refractivity contribution in [2.24, 2.45) is 0 Å². The number of carbonyl (C=O) groups excluding carboxylic acids is 1. The Bertz CT molecular complexity index is 1470. The van der Waals surface area contributed by atoms with Gasteiger partial charge in [-0.05, 0) is 42.5 Å². The number of nitrogens with one attached hydrogen (secondary N) is 2. The summed E-state index contributed by atoms with van der Waals surface area (Å²) >= 11 is 0. The summed E-state index contributed by atoms with van der Waals surface area (Å²) in [4.78, 5) is 23.4. The predicted molar refractivity (Wildman–Crippen MR) is 132 cm³/mol. The van der Waals surface area contributed by atoms with Gasteiger partial charge in [-0.1, -0.05) is 36.4 Å². The summed E-state index contributed by atoms with van der Waals surface area (Å²) in [5.41, 5.74) is 4.21. The van der Waals surface area contributed by atoms with Crippen LogP contribution in [0.5, 0.6) is 0 Å². The van der Waals surface area contributed by atoms with Crippen molar-refractivity contribution in [3.8, 4) is 11.3 Å². The van der Waals surface area contributed by atoms with E-state index in [4.69, 9.17) is 0 Å². The maximum atomic E-state index is 12.6. The molecule has 1 aromatic heterocycles. The Labute approximate surface area is 197 Å². The van der Waals surface area contributed by atoms with Gasteiger partial charge in [0.05, 0.1) is 22.7 Å². The van der Waals surface area contributed by atoms with Crippen molar-refractivity contribution in [2.75, 3.05) is 22.0 Å². The molecule has 0 spiro atoms. The average molecular weight is 472 g/mol. The first kappa shape index (κ1) is 21.6. The van der Waals surface area contributed by atoms with Crippen LogP contribution >= 0.6 is 0 Å². The molecule has 170 valence electrons. The Kier molecular flexibility index (Phi) is 5.46. The van der Waals surface area contributed by atoms with Crippen LogP contribution in [0.4, 0.5) is 23.0 Å². The van der Waals surface area contributed by atoms with Crippen molar-refractivity contribution in [2.45, 2.75) is 11.3 Å². The van der Waals surface area contributed by atoms with E-state index >= 15 is 0 Å². The van der Waals surface area contributed by atoms with Gasteiger partial charge in [0.25, 0.3) is 10.0 Å². The van der Waals surface area contributed by atoms with Crippen LogP contribution in [0.25, 0.3) is 11.3 Å². The van der Waals surface area contributed by atoms with Crippen LogP contribution < -0.4 is 14.9 Å². The minimum atomic E-state index is -3.71.